The van der Waals surface area contributed by atoms with Gasteiger partial charge in [-0.25, -0.2) is 0 Å². The molecule has 0 aromatic heterocycles. The van der Waals surface area contributed by atoms with Crippen molar-refractivity contribution in [2.45, 2.75) is 52.5 Å². The van der Waals surface area contributed by atoms with Crippen LogP contribution in [0.3, 0.4) is 0 Å². The summed E-state index contributed by atoms with van der Waals surface area (Å²) in [5.74, 6) is 0.828. The highest BCUT2D eigenvalue weighted by molar-refractivity contribution is 7.96. The first-order valence-electron chi connectivity index (χ1n) is 4.88. The van der Waals surface area contributed by atoms with Gasteiger partial charge in [0.2, 0.25) is 0 Å². The minimum atomic E-state index is 0.328. The Hall–Kier alpha value is 0.310. The first-order valence-corrected chi connectivity index (χ1v) is 6.10. The van der Waals surface area contributed by atoms with Gasteiger partial charge in [-0.1, -0.05) is 39.1 Å². The molecule has 74 valence electrons. The van der Waals surface area contributed by atoms with Gasteiger partial charge in [-0.2, -0.15) is 0 Å². The summed E-state index contributed by atoms with van der Waals surface area (Å²) in [6.45, 7) is 9.16. The second-order valence-electron chi connectivity index (χ2n) is 3.94. The fraction of sp³-hybridized carbons (Fsp3) is 1.00. The number of rotatable bonds is 6. The smallest absolute Gasteiger partial charge is 0.0254 e. The Kier molecular flexibility index (Phi) is 6.02. The van der Waals surface area contributed by atoms with Crippen LogP contribution in [0.4, 0.5) is 0 Å². The lowest BCUT2D eigenvalue weighted by atomic mass is 9.87. The van der Waals surface area contributed by atoms with E-state index < -0.39 is 0 Å². The van der Waals surface area contributed by atoms with Gasteiger partial charge in [0.1, 0.15) is 0 Å². The van der Waals surface area contributed by atoms with E-state index in [2.05, 4.69) is 38.7 Å². The molecule has 2 heteroatoms. The summed E-state index contributed by atoms with van der Waals surface area (Å²) in [6.07, 6.45) is 5.87. The molecule has 0 amide bonds. The van der Waals surface area contributed by atoms with Crippen molar-refractivity contribution in [3.05, 3.63) is 0 Å². The Morgan fingerprint density at radius 1 is 1.42 bits per heavy atom. The van der Waals surface area contributed by atoms with E-state index >= 15 is 0 Å². The van der Waals surface area contributed by atoms with Gasteiger partial charge in [-0.3, -0.25) is 4.72 Å². The summed E-state index contributed by atoms with van der Waals surface area (Å²) < 4.78 is 3.49. The van der Waals surface area contributed by atoms with Gasteiger partial charge in [0.05, 0.1) is 0 Å². The zero-order valence-corrected chi connectivity index (χ0v) is 9.92. The predicted molar refractivity (Wildman–Crippen MR) is 59.4 cm³/mol. The van der Waals surface area contributed by atoms with Crippen LogP contribution in [0.5, 0.6) is 0 Å². The molecule has 0 unspecified atom stereocenters. The normalized spacial score (nSPS) is 18.8. The molecule has 0 aliphatic rings. The highest BCUT2D eigenvalue weighted by Gasteiger charge is 2.22. The highest BCUT2D eigenvalue weighted by Crippen LogP contribution is 2.23. The van der Waals surface area contributed by atoms with E-state index in [9.17, 15) is 0 Å². The summed E-state index contributed by atoms with van der Waals surface area (Å²) in [7, 11) is 0. The number of nitrogens with one attached hydrogen (secondary N) is 1. The van der Waals surface area contributed by atoms with E-state index in [0.29, 0.717) is 5.54 Å². The Balaban J connectivity index is 3.94. The standard InChI is InChI=1S/C10H23NS/c1-6-9(3)8-10(4,7-2)11-12-5/h9,11H,6-8H2,1-5H3/t9-,10-/m1/s1. The van der Waals surface area contributed by atoms with Crippen molar-refractivity contribution in [3.8, 4) is 0 Å². The van der Waals surface area contributed by atoms with Gasteiger partial charge in [-0.05, 0) is 31.9 Å². The lowest BCUT2D eigenvalue weighted by molar-refractivity contribution is 0.318. The molecule has 0 aliphatic heterocycles. The van der Waals surface area contributed by atoms with Crippen molar-refractivity contribution in [1.82, 2.24) is 4.72 Å². The Morgan fingerprint density at radius 3 is 2.33 bits per heavy atom. The highest BCUT2D eigenvalue weighted by atomic mass is 32.2. The third-order valence-electron chi connectivity index (χ3n) is 2.62. The van der Waals surface area contributed by atoms with Crippen LogP contribution in [0.2, 0.25) is 0 Å². The SMILES string of the molecule is CC[C@@H](C)C[C@@](C)(CC)NSC. The molecule has 0 heterocycles. The zero-order valence-electron chi connectivity index (χ0n) is 9.11. The van der Waals surface area contributed by atoms with E-state index in [4.69, 9.17) is 0 Å². The summed E-state index contributed by atoms with van der Waals surface area (Å²) in [5.41, 5.74) is 0.328. The molecule has 0 aliphatic carbocycles. The Labute approximate surface area is 81.8 Å². The molecule has 0 aromatic carbocycles. The molecule has 0 rings (SSSR count). The lowest BCUT2D eigenvalue weighted by Crippen LogP contribution is -2.38. The fourth-order valence-corrected chi connectivity index (χ4v) is 2.14. The molecule has 0 radical (unpaired) electrons. The van der Waals surface area contributed by atoms with Crippen molar-refractivity contribution < 1.29 is 0 Å². The van der Waals surface area contributed by atoms with Crippen LogP contribution in [0, 0.1) is 5.92 Å². The van der Waals surface area contributed by atoms with Crippen LogP contribution in [0.15, 0.2) is 0 Å². The van der Waals surface area contributed by atoms with Gasteiger partial charge in [-0.15, -0.1) is 0 Å². The molecular weight excluding hydrogens is 166 g/mol. The van der Waals surface area contributed by atoms with Crippen LogP contribution in [-0.2, 0) is 0 Å². The predicted octanol–water partition coefficient (Wildman–Crippen LogP) is 3.46. The van der Waals surface area contributed by atoms with Crippen molar-refractivity contribution in [2.75, 3.05) is 6.26 Å². The summed E-state index contributed by atoms with van der Waals surface area (Å²) >= 11 is 1.74. The second kappa shape index (κ2) is 5.87. The summed E-state index contributed by atoms with van der Waals surface area (Å²) in [4.78, 5) is 0. The van der Waals surface area contributed by atoms with Crippen molar-refractivity contribution in [1.29, 1.82) is 0 Å². The number of hydrogen-bond acceptors (Lipinski definition) is 2. The van der Waals surface area contributed by atoms with Crippen LogP contribution in [-0.4, -0.2) is 11.8 Å². The fourth-order valence-electron chi connectivity index (χ4n) is 1.42. The summed E-state index contributed by atoms with van der Waals surface area (Å²) in [5, 5.41) is 0. The molecule has 0 aromatic rings. The molecule has 0 saturated carbocycles. The average Bonchev–Trinajstić information content (AvgIpc) is 2.05. The maximum absolute atomic E-state index is 3.49. The maximum atomic E-state index is 3.49. The summed E-state index contributed by atoms with van der Waals surface area (Å²) in [6, 6.07) is 0. The molecule has 1 N–H and O–H groups in total. The molecule has 12 heavy (non-hydrogen) atoms. The van der Waals surface area contributed by atoms with Crippen LogP contribution in [0.1, 0.15) is 47.0 Å². The van der Waals surface area contributed by atoms with Gasteiger partial charge >= 0.3 is 0 Å². The third-order valence-corrected chi connectivity index (χ3v) is 3.32. The van der Waals surface area contributed by atoms with E-state index in [-0.39, 0.29) is 0 Å². The largest absolute Gasteiger partial charge is 0.258 e. The van der Waals surface area contributed by atoms with E-state index in [0.717, 1.165) is 5.92 Å². The average molecular weight is 189 g/mol. The minimum absolute atomic E-state index is 0.328. The topological polar surface area (TPSA) is 12.0 Å². The van der Waals surface area contributed by atoms with E-state index in [1.54, 1.807) is 11.9 Å². The number of hydrogen-bond donors (Lipinski definition) is 1. The second-order valence-corrected chi connectivity index (χ2v) is 4.55. The van der Waals surface area contributed by atoms with Crippen LogP contribution < -0.4 is 4.72 Å². The van der Waals surface area contributed by atoms with Crippen molar-refractivity contribution >= 4 is 11.9 Å². The Morgan fingerprint density at radius 2 is 2.00 bits per heavy atom. The molecule has 0 saturated heterocycles. The van der Waals surface area contributed by atoms with E-state index in [1.807, 2.05) is 0 Å². The lowest BCUT2D eigenvalue weighted by Gasteiger charge is -2.31. The van der Waals surface area contributed by atoms with Crippen molar-refractivity contribution in [3.63, 3.8) is 0 Å². The molecule has 2 atom stereocenters. The minimum Gasteiger partial charge on any atom is -0.258 e. The first kappa shape index (κ1) is 12.3. The quantitative estimate of drug-likeness (QED) is 0.642. The monoisotopic (exact) mass is 189 g/mol. The van der Waals surface area contributed by atoms with Gasteiger partial charge in [0.15, 0.2) is 0 Å². The zero-order chi connectivity index (χ0) is 9.61. The Bertz CT molecular complexity index is 116. The van der Waals surface area contributed by atoms with Crippen molar-refractivity contribution in [2.24, 2.45) is 5.92 Å². The molecule has 0 spiro atoms. The van der Waals surface area contributed by atoms with Gasteiger partial charge in [0, 0.05) is 5.54 Å². The van der Waals surface area contributed by atoms with E-state index in [1.165, 1.54) is 19.3 Å². The van der Waals surface area contributed by atoms with Gasteiger partial charge in [0.25, 0.3) is 0 Å². The van der Waals surface area contributed by atoms with Crippen LogP contribution >= 0.6 is 11.9 Å². The van der Waals surface area contributed by atoms with Crippen LogP contribution in [0.25, 0.3) is 0 Å². The first-order chi connectivity index (χ1) is 5.58. The third kappa shape index (κ3) is 4.36. The molecular formula is C10H23NS. The molecule has 0 fully saturated rings. The van der Waals surface area contributed by atoms with Gasteiger partial charge < -0.3 is 0 Å². The molecule has 1 nitrogen and oxygen atoms in total. The molecule has 0 bridgehead atoms. The maximum Gasteiger partial charge on any atom is 0.0254 e.